The second-order valence-electron chi connectivity index (χ2n) is 5.89. The van der Waals surface area contributed by atoms with Gasteiger partial charge in [-0.25, -0.2) is 4.79 Å². The number of fused-ring (bicyclic) bond motifs is 1. The number of rotatable bonds is 4. The van der Waals surface area contributed by atoms with Crippen LogP contribution in [-0.4, -0.2) is 17.6 Å². The van der Waals surface area contributed by atoms with Crippen molar-refractivity contribution in [3.8, 4) is 0 Å². The average molecular weight is 394 g/mol. The molecule has 0 unspecified atom stereocenters. The fraction of sp³-hybridized carbons (Fsp3) is 0.263. The standard InChI is InChI=1S/C19H17F3N2O2S/c1-4-26-18(25)15-10(2)11(3)27-17(15)24-14-8-9-23-16-12(14)6-5-7-13(16)19(20,21)22/h5-9H,4H2,1-3H3,(H,23,24). The summed E-state index contributed by atoms with van der Waals surface area (Å²) in [6.45, 7) is 5.64. The third kappa shape index (κ3) is 3.62. The molecule has 0 fully saturated rings. The maximum absolute atomic E-state index is 13.3. The fourth-order valence-corrected chi connectivity index (χ4v) is 3.86. The second kappa shape index (κ2) is 7.19. The lowest BCUT2D eigenvalue weighted by Gasteiger charge is -2.13. The highest BCUT2D eigenvalue weighted by Gasteiger charge is 2.33. The van der Waals surface area contributed by atoms with E-state index < -0.39 is 17.7 Å². The second-order valence-corrected chi connectivity index (χ2v) is 7.12. The first kappa shape index (κ1) is 19.2. The van der Waals surface area contributed by atoms with Crippen LogP contribution in [0.15, 0.2) is 30.5 Å². The van der Waals surface area contributed by atoms with Crippen molar-refractivity contribution in [2.24, 2.45) is 0 Å². The number of carbonyl (C=O) groups excluding carboxylic acids is 1. The van der Waals surface area contributed by atoms with Crippen LogP contribution in [0.1, 0.15) is 33.3 Å². The lowest BCUT2D eigenvalue weighted by Crippen LogP contribution is -2.08. The Bertz CT molecular complexity index is 1010. The number of aryl methyl sites for hydroxylation is 1. The third-order valence-electron chi connectivity index (χ3n) is 4.19. The highest BCUT2D eigenvalue weighted by atomic mass is 32.1. The van der Waals surface area contributed by atoms with E-state index in [1.54, 1.807) is 19.1 Å². The maximum Gasteiger partial charge on any atom is 0.418 e. The Morgan fingerprint density at radius 2 is 2.00 bits per heavy atom. The highest BCUT2D eigenvalue weighted by molar-refractivity contribution is 7.16. The van der Waals surface area contributed by atoms with Crippen LogP contribution < -0.4 is 5.32 Å². The average Bonchev–Trinajstić information content (AvgIpc) is 2.88. The van der Waals surface area contributed by atoms with Crippen molar-refractivity contribution in [3.63, 3.8) is 0 Å². The van der Waals surface area contributed by atoms with Crippen LogP contribution in [-0.2, 0) is 10.9 Å². The zero-order chi connectivity index (χ0) is 19.8. The molecule has 0 bridgehead atoms. The molecule has 1 aromatic carbocycles. The van der Waals surface area contributed by atoms with E-state index in [9.17, 15) is 18.0 Å². The molecular formula is C19H17F3N2O2S. The molecule has 2 aromatic heterocycles. The molecule has 0 atom stereocenters. The minimum absolute atomic E-state index is 0.141. The molecule has 0 saturated carbocycles. The molecule has 0 spiro atoms. The predicted molar refractivity (Wildman–Crippen MR) is 99.8 cm³/mol. The SMILES string of the molecule is CCOC(=O)c1c(Nc2ccnc3c(C(F)(F)F)cccc23)sc(C)c1C. The number of thiophene rings is 1. The van der Waals surface area contributed by atoms with Crippen LogP contribution in [0.2, 0.25) is 0 Å². The zero-order valence-corrected chi connectivity index (χ0v) is 15.7. The summed E-state index contributed by atoms with van der Waals surface area (Å²) in [5.74, 6) is -0.462. The molecule has 27 heavy (non-hydrogen) atoms. The van der Waals surface area contributed by atoms with E-state index in [0.717, 1.165) is 16.5 Å². The first-order chi connectivity index (χ1) is 12.7. The van der Waals surface area contributed by atoms with Crippen LogP contribution in [0.4, 0.5) is 23.9 Å². The van der Waals surface area contributed by atoms with Crippen molar-refractivity contribution in [2.75, 3.05) is 11.9 Å². The molecule has 142 valence electrons. The predicted octanol–water partition coefficient (Wildman–Crippen LogP) is 5.85. The van der Waals surface area contributed by atoms with Crippen LogP contribution >= 0.6 is 11.3 Å². The van der Waals surface area contributed by atoms with Gasteiger partial charge in [0.2, 0.25) is 0 Å². The van der Waals surface area contributed by atoms with E-state index in [-0.39, 0.29) is 12.1 Å². The number of pyridine rings is 1. The Morgan fingerprint density at radius 3 is 2.67 bits per heavy atom. The maximum atomic E-state index is 13.3. The van der Waals surface area contributed by atoms with Gasteiger partial charge >= 0.3 is 12.1 Å². The smallest absolute Gasteiger partial charge is 0.418 e. The lowest BCUT2D eigenvalue weighted by molar-refractivity contribution is -0.136. The highest BCUT2D eigenvalue weighted by Crippen LogP contribution is 2.39. The minimum atomic E-state index is -4.50. The number of hydrogen-bond acceptors (Lipinski definition) is 5. The fourth-order valence-electron chi connectivity index (χ4n) is 2.80. The Kier molecular flexibility index (Phi) is 5.10. The number of benzene rings is 1. The van der Waals surface area contributed by atoms with Gasteiger partial charge in [0, 0.05) is 16.5 Å². The van der Waals surface area contributed by atoms with Gasteiger partial charge in [-0.2, -0.15) is 13.2 Å². The number of carbonyl (C=O) groups is 1. The molecule has 0 radical (unpaired) electrons. The summed E-state index contributed by atoms with van der Waals surface area (Å²) in [5, 5.41) is 3.97. The molecule has 0 aliphatic rings. The summed E-state index contributed by atoms with van der Waals surface area (Å²) < 4.78 is 44.9. The number of halogens is 3. The van der Waals surface area contributed by atoms with E-state index in [1.807, 2.05) is 13.8 Å². The molecule has 3 rings (SSSR count). The van der Waals surface area contributed by atoms with Crippen molar-refractivity contribution >= 4 is 38.9 Å². The Hall–Kier alpha value is -2.61. The molecule has 3 aromatic rings. The van der Waals surface area contributed by atoms with Gasteiger partial charge in [-0.15, -0.1) is 11.3 Å². The molecular weight excluding hydrogens is 377 g/mol. The van der Waals surface area contributed by atoms with E-state index in [1.165, 1.54) is 23.6 Å². The molecule has 0 aliphatic heterocycles. The number of nitrogens with zero attached hydrogens (tertiary/aromatic N) is 1. The number of anilines is 2. The quantitative estimate of drug-likeness (QED) is 0.564. The number of hydrogen-bond donors (Lipinski definition) is 1. The largest absolute Gasteiger partial charge is 0.462 e. The summed E-state index contributed by atoms with van der Waals surface area (Å²) >= 11 is 1.35. The van der Waals surface area contributed by atoms with Gasteiger partial charge in [-0.05, 0) is 38.5 Å². The molecule has 1 N–H and O–H groups in total. The van der Waals surface area contributed by atoms with Crippen LogP contribution in [0.3, 0.4) is 0 Å². The van der Waals surface area contributed by atoms with Crippen molar-refractivity contribution in [1.82, 2.24) is 4.98 Å². The number of para-hydroxylation sites is 1. The molecule has 0 saturated heterocycles. The first-order valence-corrected chi connectivity index (χ1v) is 9.04. The molecule has 4 nitrogen and oxygen atoms in total. The van der Waals surface area contributed by atoms with Crippen molar-refractivity contribution in [2.45, 2.75) is 26.9 Å². The van der Waals surface area contributed by atoms with Crippen molar-refractivity contribution in [1.29, 1.82) is 0 Å². The van der Waals surface area contributed by atoms with E-state index in [2.05, 4.69) is 10.3 Å². The summed E-state index contributed by atoms with van der Waals surface area (Å²) in [4.78, 5) is 17.2. The summed E-state index contributed by atoms with van der Waals surface area (Å²) in [5.41, 5.74) is 0.690. The molecule has 0 aliphatic carbocycles. The van der Waals surface area contributed by atoms with Gasteiger partial charge in [0.1, 0.15) is 5.00 Å². The number of aromatic nitrogens is 1. The minimum Gasteiger partial charge on any atom is -0.462 e. The van der Waals surface area contributed by atoms with Gasteiger partial charge < -0.3 is 10.1 Å². The van der Waals surface area contributed by atoms with E-state index >= 15 is 0 Å². The number of esters is 1. The summed E-state index contributed by atoms with van der Waals surface area (Å²) in [7, 11) is 0. The topological polar surface area (TPSA) is 51.2 Å². The normalized spacial score (nSPS) is 11.6. The van der Waals surface area contributed by atoms with Crippen LogP contribution in [0.5, 0.6) is 0 Å². The third-order valence-corrected chi connectivity index (χ3v) is 5.31. The molecule has 2 heterocycles. The summed E-state index contributed by atoms with van der Waals surface area (Å²) in [6.07, 6.45) is -3.19. The van der Waals surface area contributed by atoms with E-state index in [4.69, 9.17) is 4.74 Å². The Morgan fingerprint density at radius 1 is 1.26 bits per heavy atom. The summed E-state index contributed by atoms with van der Waals surface area (Å²) in [6, 6.07) is 5.50. The number of alkyl halides is 3. The van der Waals surface area contributed by atoms with Gasteiger partial charge in [0.05, 0.1) is 28.9 Å². The Balaban J connectivity index is 2.11. The lowest BCUT2D eigenvalue weighted by atomic mass is 10.1. The van der Waals surface area contributed by atoms with Crippen molar-refractivity contribution in [3.05, 3.63) is 52.0 Å². The zero-order valence-electron chi connectivity index (χ0n) is 14.9. The molecule has 0 amide bonds. The molecule has 8 heteroatoms. The van der Waals surface area contributed by atoms with Gasteiger partial charge in [-0.1, -0.05) is 12.1 Å². The Labute approximate surface area is 158 Å². The number of ether oxygens (including phenoxy) is 1. The van der Waals surface area contributed by atoms with Crippen molar-refractivity contribution < 1.29 is 22.7 Å². The van der Waals surface area contributed by atoms with Crippen LogP contribution in [0.25, 0.3) is 10.9 Å². The van der Waals surface area contributed by atoms with Gasteiger partial charge in [0.25, 0.3) is 0 Å². The first-order valence-electron chi connectivity index (χ1n) is 8.23. The van der Waals surface area contributed by atoms with Crippen LogP contribution in [0, 0.1) is 13.8 Å². The van der Waals surface area contributed by atoms with E-state index in [0.29, 0.717) is 21.6 Å². The number of nitrogens with one attached hydrogen (secondary N) is 1. The van der Waals surface area contributed by atoms with Gasteiger partial charge in [-0.3, -0.25) is 4.98 Å². The van der Waals surface area contributed by atoms with Gasteiger partial charge in [0.15, 0.2) is 0 Å². The monoisotopic (exact) mass is 394 g/mol.